The average Bonchev–Trinajstić information content (AvgIpc) is 2.62. The third-order valence-corrected chi connectivity index (χ3v) is 6.43. The molecular formula is C13H16Cl2N2O2S. The molecule has 2 bridgehead atoms. The van der Waals surface area contributed by atoms with Crippen LogP contribution in [0.2, 0.25) is 10.0 Å². The molecule has 2 aliphatic rings. The van der Waals surface area contributed by atoms with Gasteiger partial charge in [-0.1, -0.05) is 23.2 Å². The Morgan fingerprint density at radius 1 is 1.05 bits per heavy atom. The van der Waals surface area contributed by atoms with Gasteiger partial charge >= 0.3 is 0 Å². The molecule has 0 aromatic heterocycles. The van der Waals surface area contributed by atoms with Crippen molar-refractivity contribution in [2.45, 2.75) is 29.8 Å². The van der Waals surface area contributed by atoms with Crippen molar-refractivity contribution >= 4 is 33.2 Å². The molecule has 20 heavy (non-hydrogen) atoms. The fourth-order valence-electron chi connectivity index (χ4n) is 3.27. The molecule has 3 rings (SSSR count). The number of nitrogens with zero attached hydrogens (tertiary/aromatic N) is 2. The number of hydrogen-bond acceptors (Lipinski definition) is 3. The number of halogens is 2. The first-order valence-corrected chi connectivity index (χ1v) is 8.76. The van der Waals surface area contributed by atoms with Gasteiger partial charge in [-0.25, -0.2) is 8.42 Å². The molecule has 2 atom stereocenters. The van der Waals surface area contributed by atoms with Gasteiger partial charge in [-0.15, -0.1) is 0 Å². The van der Waals surface area contributed by atoms with Crippen molar-refractivity contribution in [2.75, 3.05) is 20.1 Å². The van der Waals surface area contributed by atoms with Crippen LogP contribution in [0.5, 0.6) is 0 Å². The molecular weight excluding hydrogens is 319 g/mol. The van der Waals surface area contributed by atoms with Crippen molar-refractivity contribution < 1.29 is 8.42 Å². The summed E-state index contributed by atoms with van der Waals surface area (Å²) in [7, 11) is -1.50. The van der Waals surface area contributed by atoms with E-state index >= 15 is 0 Å². The van der Waals surface area contributed by atoms with Gasteiger partial charge in [0.15, 0.2) is 0 Å². The van der Waals surface area contributed by atoms with Gasteiger partial charge in [0.05, 0.1) is 4.90 Å². The zero-order valence-corrected chi connectivity index (χ0v) is 13.4. The van der Waals surface area contributed by atoms with Crippen LogP contribution in [-0.4, -0.2) is 49.8 Å². The van der Waals surface area contributed by atoms with Gasteiger partial charge in [-0.3, -0.25) is 0 Å². The molecule has 2 aliphatic heterocycles. The predicted octanol–water partition coefficient (Wildman–Crippen LogP) is 2.46. The van der Waals surface area contributed by atoms with Crippen LogP contribution in [0.3, 0.4) is 0 Å². The molecule has 0 amide bonds. The number of likely N-dealkylation sites (tertiary alicyclic amines) is 1. The van der Waals surface area contributed by atoms with Crippen LogP contribution in [0.25, 0.3) is 0 Å². The molecule has 2 heterocycles. The van der Waals surface area contributed by atoms with E-state index < -0.39 is 10.0 Å². The third kappa shape index (κ3) is 2.46. The molecule has 1 aromatic rings. The molecule has 0 saturated carbocycles. The minimum atomic E-state index is -3.53. The first kappa shape index (κ1) is 14.6. The normalized spacial score (nSPS) is 27.9. The van der Waals surface area contributed by atoms with Crippen LogP contribution in [0.1, 0.15) is 12.8 Å². The number of piperazine rings is 1. The van der Waals surface area contributed by atoms with Gasteiger partial charge < -0.3 is 4.90 Å². The first-order chi connectivity index (χ1) is 9.38. The zero-order chi connectivity index (χ0) is 14.5. The Hall–Kier alpha value is -0.330. The summed E-state index contributed by atoms with van der Waals surface area (Å²) in [5, 5.41) is 0.690. The van der Waals surface area contributed by atoms with Crippen molar-refractivity contribution in [3.05, 3.63) is 28.2 Å². The van der Waals surface area contributed by atoms with Crippen molar-refractivity contribution in [3.8, 4) is 0 Å². The Labute approximate surface area is 129 Å². The summed E-state index contributed by atoms with van der Waals surface area (Å²) in [6.07, 6.45) is 1.84. The van der Waals surface area contributed by atoms with Crippen LogP contribution in [0.15, 0.2) is 23.1 Å². The third-order valence-electron chi connectivity index (χ3n) is 4.01. The summed E-state index contributed by atoms with van der Waals surface area (Å²) in [6, 6.07) is 4.60. The number of sulfonamides is 1. The Morgan fingerprint density at radius 2 is 1.55 bits per heavy atom. The Balaban J connectivity index is 2.00. The second-order valence-electron chi connectivity index (χ2n) is 5.55. The largest absolute Gasteiger partial charge is 0.303 e. The summed E-state index contributed by atoms with van der Waals surface area (Å²) in [6.45, 7) is 1.56. The van der Waals surface area contributed by atoms with E-state index in [1.807, 2.05) is 7.05 Å². The van der Waals surface area contributed by atoms with E-state index in [4.69, 9.17) is 23.2 Å². The van der Waals surface area contributed by atoms with E-state index in [1.54, 1.807) is 10.4 Å². The quantitative estimate of drug-likeness (QED) is 0.834. The lowest BCUT2D eigenvalue weighted by molar-refractivity contribution is 0.154. The summed E-state index contributed by atoms with van der Waals surface area (Å²) in [5.41, 5.74) is 0. The van der Waals surface area contributed by atoms with E-state index in [0.29, 0.717) is 10.0 Å². The van der Waals surface area contributed by atoms with Gasteiger partial charge in [0, 0.05) is 35.2 Å². The Bertz CT molecular complexity index is 601. The molecule has 0 spiro atoms. The van der Waals surface area contributed by atoms with Crippen LogP contribution >= 0.6 is 23.2 Å². The Kier molecular flexibility index (Phi) is 3.75. The summed E-state index contributed by atoms with van der Waals surface area (Å²) >= 11 is 11.9. The minimum absolute atomic E-state index is 0.0570. The maximum Gasteiger partial charge on any atom is 0.243 e. The summed E-state index contributed by atoms with van der Waals surface area (Å²) in [4.78, 5) is 2.38. The van der Waals surface area contributed by atoms with E-state index in [9.17, 15) is 8.42 Å². The molecule has 7 heteroatoms. The second-order valence-corrected chi connectivity index (χ2v) is 8.26. The molecule has 2 fully saturated rings. The molecule has 110 valence electrons. The van der Waals surface area contributed by atoms with Crippen molar-refractivity contribution in [2.24, 2.45) is 0 Å². The van der Waals surface area contributed by atoms with E-state index in [-0.39, 0.29) is 17.0 Å². The number of hydrogen-bond donors (Lipinski definition) is 0. The van der Waals surface area contributed by atoms with Gasteiger partial charge in [-0.2, -0.15) is 4.31 Å². The highest BCUT2D eigenvalue weighted by Crippen LogP contribution is 2.36. The monoisotopic (exact) mass is 334 g/mol. The molecule has 2 saturated heterocycles. The molecule has 2 unspecified atom stereocenters. The fraction of sp³-hybridized carbons (Fsp3) is 0.538. The minimum Gasteiger partial charge on any atom is -0.303 e. The zero-order valence-electron chi connectivity index (χ0n) is 11.1. The highest BCUT2D eigenvalue weighted by Gasteiger charge is 2.45. The summed E-state index contributed by atoms with van der Waals surface area (Å²) < 4.78 is 27.4. The number of likely N-dealkylation sites (N-methyl/N-ethyl adjacent to an activating group) is 1. The highest BCUT2D eigenvalue weighted by molar-refractivity contribution is 7.89. The van der Waals surface area contributed by atoms with Crippen molar-refractivity contribution in [1.82, 2.24) is 9.21 Å². The van der Waals surface area contributed by atoms with Crippen LogP contribution in [0.4, 0.5) is 0 Å². The molecule has 0 aliphatic carbocycles. The van der Waals surface area contributed by atoms with Gasteiger partial charge in [0.25, 0.3) is 0 Å². The second kappa shape index (κ2) is 5.14. The number of benzene rings is 1. The summed E-state index contributed by atoms with van der Waals surface area (Å²) in [5.74, 6) is 0. The lowest BCUT2D eigenvalue weighted by Gasteiger charge is -2.38. The van der Waals surface area contributed by atoms with E-state index in [1.165, 1.54) is 12.1 Å². The fourth-order valence-corrected chi connectivity index (χ4v) is 5.85. The highest BCUT2D eigenvalue weighted by atomic mass is 35.5. The van der Waals surface area contributed by atoms with Gasteiger partial charge in [-0.05, 0) is 38.1 Å². The smallest absolute Gasteiger partial charge is 0.243 e. The van der Waals surface area contributed by atoms with Crippen LogP contribution in [0, 0.1) is 0 Å². The van der Waals surface area contributed by atoms with E-state index in [2.05, 4.69) is 4.90 Å². The average molecular weight is 335 g/mol. The SMILES string of the molecule is CN1CC2CCC(C1)N2S(=O)(=O)c1cc(Cl)cc(Cl)c1. The maximum absolute atomic E-state index is 12.8. The molecule has 1 aromatic carbocycles. The first-order valence-electron chi connectivity index (χ1n) is 6.56. The van der Waals surface area contributed by atoms with Crippen molar-refractivity contribution in [1.29, 1.82) is 0 Å². The topological polar surface area (TPSA) is 40.6 Å². The molecule has 0 radical (unpaired) electrons. The van der Waals surface area contributed by atoms with E-state index in [0.717, 1.165) is 25.9 Å². The van der Waals surface area contributed by atoms with Gasteiger partial charge in [0.1, 0.15) is 0 Å². The van der Waals surface area contributed by atoms with Gasteiger partial charge in [0.2, 0.25) is 10.0 Å². The lowest BCUT2D eigenvalue weighted by atomic mass is 10.2. The van der Waals surface area contributed by atoms with Crippen molar-refractivity contribution in [3.63, 3.8) is 0 Å². The number of rotatable bonds is 2. The molecule has 0 N–H and O–H groups in total. The maximum atomic E-state index is 12.8. The standard InChI is InChI=1S/C13H16Cl2N2O2S/c1-16-7-11-2-3-12(8-16)17(11)20(18,19)13-5-9(14)4-10(15)6-13/h4-6,11-12H,2-3,7-8H2,1H3. The Morgan fingerprint density at radius 3 is 2.05 bits per heavy atom. The number of fused-ring (bicyclic) bond motifs is 2. The lowest BCUT2D eigenvalue weighted by Crippen LogP contribution is -2.54. The predicted molar refractivity (Wildman–Crippen MR) is 79.8 cm³/mol. The van der Waals surface area contributed by atoms with Crippen LogP contribution in [-0.2, 0) is 10.0 Å². The molecule has 4 nitrogen and oxygen atoms in total. The van der Waals surface area contributed by atoms with Crippen LogP contribution < -0.4 is 0 Å².